The summed E-state index contributed by atoms with van der Waals surface area (Å²) in [5.41, 5.74) is 2.10. The lowest BCUT2D eigenvalue weighted by atomic mass is 9.75. The van der Waals surface area contributed by atoms with Crippen molar-refractivity contribution in [3.8, 4) is 0 Å². The molecule has 2 aliphatic rings. The summed E-state index contributed by atoms with van der Waals surface area (Å²) in [5, 5.41) is 5.51. The molecule has 2 aliphatic heterocycles. The summed E-state index contributed by atoms with van der Waals surface area (Å²) >= 11 is 0. The Bertz CT molecular complexity index is 1400. The summed E-state index contributed by atoms with van der Waals surface area (Å²) in [7, 11) is 0. The van der Waals surface area contributed by atoms with E-state index < -0.39 is 41.4 Å². The van der Waals surface area contributed by atoms with E-state index in [4.69, 9.17) is 0 Å². The Morgan fingerprint density at radius 3 is 0.884 bits per heavy atom. The molecule has 2 fully saturated rings. The average Bonchev–Trinajstić information content (AvgIpc) is 3.45. The van der Waals surface area contributed by atoms with Gasteiger partial charge in [0.05, 0.1) is 22.7 Å². The summed E-state index contributed by atoms with van der Waals surface area (Å²) < 4.78 is 0. The van der Waals surface area contributed by atoms with Crippen molar-refractivity contribution in [1.82, 2.24) is 0 Å². The van der Waals surface area contributed by atoms with E-state index in [1.54, 1.807) is 97.1 Å². The first-order valence-corrected chi connectivity index (χ1v) is 14.4. The minimum atomic E-state index is -1.24. The summed E-state index contributed by atoms with van der Waals surface area (Å²) in [6.07, 6.45) is 0.320. The minimum Gasteiger partial charge on any atom is -0.272 e. The van der Waals surface area contributed by atoms with Crippen LogP contribution in [0.5, 0.6) is 0 Å². The highest BCUT2D eigenvalue weighted by molar-refractivity contribution is 6.26. The summed E-state index contributed by atoms with van der Waals surface area (Å²) in [5.74, 6) is -5.21. The van der Waals surface area contributed by atoms with Crippen molar-refractivity contribution in [2.75, 3.05) is 20.0 Å². The number of hydrazine groups is 2. The van der Waals surface area contributed by atoms with Gasteiger partial charge >= 0.3 is 0 Å². The Morgan fingerprint density at radius 1 is 0.442 bits per heavy atom. The van der Waals surface area contributed by atoms with Crippen molar-refractivity contribution in [3.63, 3.8) is 0 Å². The molecule has 4 amide bonds. The molecule has 0 radical (unpaired) electrons. The van der Waals surface area contributed by atoms with Crippen LogP contribution in [0.3, 0.4) is 0 Å². The normalized spacial score (nSPS) is 16.5. The van der Waals surface area contributed by atoms with E-state index in [2.05, 4.69) is 0 Å². The van der Waals surface area contributed by atoms with Crippen LogP contribution in [-0.4, -0.2) is 23.6 Å². The minimum absolute atomic E-state index is 0.00176. The summed E-state index contributed by atoms with van der Waals surface area (Å²) in [4.78, 5) is 57.6. The molecular formula is C35H32N4O4. The molecular weight excluding hydrogens is 540 g/mol. The highest BCUT2D eigenvalue weighted by Gasteiger charge is 2.59. The standard InChI is InChI=1S/C35H32N4O4/c1-24(2)23-29(30-32(40)36(25-15-7-3-8-16-25)37(33(30)41)26-17-9-4-10-18-26)31-34(42)38(27-19-11-5-12-20-27)39(35(31)43)28-21-13-6-14-22-28/h3-22,24,29-31H,23H2,1-2H3. The zero-order valence-corrected chi connectivity index (χ0v) is 24.0. The number of benzene rings is 4. The van der Waals surface area contributed by atoms with Crippen LogP contribution < -0.4 is 20.0 Å². The Labute approximate surface area is 250 Å². The molecule has 4 aromatic rings. The first-order valence-electron chi connectivity index (χ1n) is 14.4. The second-order valence-corrected chi connectivity index (χ2v) is 11.2. The quantitative estimate of drug-likeness (QED) is 0.247. The smallest absolute Gasteiger partial charge is 0.259 e. The number of carbonyl (C=O) groups is 4. The Hall–Kier alpha value is -5.24. The van der Waals surface area contributed by atoms with Gasteiger partial charge in [0.15, 0.2) is 0 Å². The SMILES string of the molecule is CC(C)CC(C1C(=O)N(c2ccccc2)N(c2ccccc2)C1=O)C1C(=O)N(c2ccccc2)N(c2ccccc2)C1=O. The van der Waals surface area contributed by atoms with Gasteiger partial charge in [-0.05, 0) is 60.9 Å². The zero-order valence-electron chi connectivity index (χ0n) is 24.0. The van der Waals surface area contributed by atoms with Crippen molar-refractivity contribution < 1.29 is 19.2 Å². The Balaban J connectivity index is 1.48. The monoisotopic (exact) mass is 572 g/mol. The van der Waals surface area contributed by atoms with Gasteiger partial charge in [-0.3, -0.25) is 19.2 Å². The predicted octanol–water partition coefficient (Wildman–Crippen LogP) is 5.87. The van der Waals surface area contributed by atoms with Crippen molar-refractivity contribution in [2.45, 2.75) is 20.3 Å². The first-order chi connectivity index (χ1) is 20.9. The van der Waals surface area contributed by atoms with E-state index in [9.17, 15) is 19.2 Å². The molecule has 2 saturated heterocycles. The molecule has 0 unspecified atom stereocenters. The number of rotatable bonds is 8. The van der Waals surface area contributed by atoms with Crippen molar-refractivity contribution in [3.05, 3.63) is 121 Å². The van der Waals surface area contributed by atoms with E-state index in [0.29, 0.717) is 29.2 Å². The molecule has 6 rings (SSSR count). The number of hydrogen-bond acceptors (Lipinski definition) is 4. The number of para-hydroxylation sites is 4. The maximum absolute atomic E-state index is 14.4. The molecule has 216 valence electrons. The third kappa shape index (κ3) is 4.95. The third-order valence-electron chi connectivity index (χ3n) is 7.90. The van der Waals surface area contributed by atoms with E-state index >= 15 is 0 Å². The number of nitrogens with zero attached hydrogens (tertiary/aromatic N) is 4. The molecule has 8 heteroatoms. The van der Waals surface area contributed by atoms with Crippen molar-refractivity contribution in [1.29, 1.82) is 0 Å². The lowest BCUT2D eigenvalue weighted by molar-refractivity contribution is -0.135. The lowest BCUT2D eigenvalue weighted by Gasteiger charge is -2.27. The molecule has 0 bridgehead atoms. The van der Waals surface area contributed by atoms with Gasteiger partial charge in [0, 0.05) is 5.92 Å². The van der Waals surface area contributed by atoms with Crippen LogP contribution in [0.25, 0.3) is 0 Å². The van der Waals surface area contributed by atoms with Gasteiger partial charge in [-0.15, -0.1) is 0 Å². The van der Waals surface area contributed by atoms with Crippen LogP contribution in [0.1, 0.15) is 20.3 Å². The summed E-state index contributed by atoms with van der Waals surface area (Å²) in [6.45, 7) is 3.93. The molecule has 43 heavy (non-hydrogen) atoms. The molecule has 0 aromatic heterocycles. The second kappa shape index (κ2) is 11.6. The van der Waals surface area contributed by atoms with Gasteiger partial charge in [0.2, 0.25) is 0 Å². The molecule has 0 N–H and O–H groups in total. The highest BCUT2D eigenvalue weighted by Crippen LogP contribution is 2.44. The highest BCUT2D eigenvalue weighted by atomic mass is 16.2. The maximum Gasteiger partial charge on any atom is 0.259 e. The van der Waals surface area contributed by atoms with Gasteiger partial charge in [0.1, 0.15) is 11.8 Å². The van der Waals surface area contributed by atoms with Crippen LogP contribution in [0.2, 0.25) is 0 Å². The molecule has 8 nitrogen and oxygen atoms in total. The fraction of sp³-hybridized carbons (Fsp3) is 0.200. The molecule has 4 aromatic carbocycles. The molecule has 2 heterocycles. The molecule has 0 aliphatic carbocycles. The van der Waals surface area contributed by atoms with E-state index in [1.807, 2.05) is 38.1 Å². The first kappa shape index (κ1) is 27.9. The number of carbonyl (C=O) groups excluding carboxylic acids is 4. The van der Waals surface area contributed by atoms with Crippen LogP contribution in [0, 0.1) is 23.7 Å². The molecule has 0 saturated carbocycles. The maximum atomic E-state index is 14.4. The van der Waals surface area contributed by atoms with Crippen LogP contribution in [0.4, 0.5) is 22.7 Å². The van der Waals surface area contributed by atoms with Gasteiger partial charge in [-0.25, -0.2) is 20.0 Å². The zero-order chi connectivity index (χ0) is 30.1. The van der Waals surface area contributed by atoms with Crippen LogP contribution >= 0.6 is 0 Å². The van der Waals surface area contributed by atoms with E-state index in [0.717, 1.165) is 0 Å². The van der Waals surface area contributed by atoms with Gasteiger partial charge in [-0.1, -0.05) is 86.6 Å². The Morgan fingerprint density at radius 2 is 0.674 bits per heavy atom. The van der Waals surface area contributed by atoms with Crippen molar-refractivity contribution in [2.24, 2.45) is 23.7 Å². The van der Waals surface area contributed by atoms with Gasteiger partial charge < -0.3 is 0 Å². The predicted molar refractivity (Wildman–Crippen MR) is 166 cm³/mol. The fourth-order valence-corrected chi connectivity index (χ4v) is 6.12. The van der Waals surface area contributed by atoms with Gasteiger partial charge in [0.25, 0.3) is 23.6 Å². The van der Waals surface area contributed by atoms with Crippen LogP contribution in [-0.2, 0) is 19.2 Å². The average molecular weight is 573 g/mol. The molecule has 0 atom stereocenters. The van der Waals surface area contributed by atoms with E-state index in [-0.39, 0.29) is 5.92 Å². The van der Waals surface area contributed by atoms with Crippen LogP contribution in [0.15, 0.2) is 121 Å². The third-order valence-corrected chi connectivity index (χ3v) is 7.90. The Kier molecular flexibility index (Phi) is 7.50. The van der Waals surface area contributed by atoms with E-state index in [1.165, 1.54) is 20.0 Å². The summed E-state index contributed by atoms with van der Waals surface area (Å²) in [6, 6.07) is 35.9. The van der Waals surface area contributed by atoms with Gasteiger partial charge in [-0.2, -0.15) is 0 Å². The largest absolute Gasteiger partial charge is 0.272 e. The molecule has 0 spiro atoms. The fourth-order valence-electron chi connectivity index (χ4n) is 6.12. The second-order valence-electron chi connectivity index (χ2n) is 11.2. The number of amides is 4. The number of anilines is 4. The lowest BCUT2D eigenvalue weighted by Crippen LogP contribution is -2.41. The topological polar surface area (TPSA) is 81.2 Å². The van der Waals surface area contributed by atoms with Crippen molar-refractivity contribution >= 4 is 46.4 Å². The number of hydrogen-bond donors (Lipinski definition) is 0.